The summed E-state index contributed by atoms with van der Waals surface area (Å²) in [6.45, 7) is 0.568. The number of halogens is 4. The Balaban J connectivity index is 1.82. The maximum atomic E-state index is 12.7. The highest BCUT2D eigenvalue weighted by atomic mass is 79.9. The van der Waals surface area contributed by atoms with Crippen LogP contribution in [0, 0.1) is 0 Å². The Morgan fingerprint density at radius 2 is 1.91 bits per heavy atom. The van der Waals surface area contributed by atoms with Crippen molar-refractivity contribution in [3.05, 3.63) is 69.2 Å². The summed E-state index contributed by atoms with van der Waals surface area (Å²) in [7, 11) is 0. The lowest BCUT2D eigenvalue weighted by Gasteiger charge is -2.16. The van der Waals surface area contributed by atoms with Gasteiger partial charge in [0.1, 0.15) is 0 Å². The Morgan fingerprint density at radius 3 is 2.64 bits per heavy atom. The predicted molar refractivity (Wildman–Crippen MR) is 79.2 cm³/mol. The zero-order chi connectivity index (χ0) is 15.9. The number of amides is 1. The van der Waals surface area contributed by atoms with Gasteiger partial charge in [-0.05, 0) is 41.5 Å². The van der Waals surface area contributed by atoms with Crippen LogP contribution in [0.25, 0.3) is 0 Å². The number of nitrogens with zero attached hydrogens (tertiary/aromatic N) is 1. The monoisotopic (exact) mass is 369 g/mol. The van der Waals surface area contributed by atoms with Crippen LogP contribution >= 0.6 is 15.9 Å². The molecule has 0 N–H and O–H groups in total. The third kappa shape index (κ3) is 2.88. The molecule has 0 bridgehead atoms. The van der Waals surface area contributed by atoms with Crippen LogP contribution in [-0.4, -0.2) is 10.8 Å². The average Bonchev–Trinajstić information content (AvgIpc) is 2.74. The standard InChI is InChI=1S/C16H11BrF3NO/c17-13-4-5-14-11(7-13)9-21(15(14)22)8-10-2-1-3-12(6-10)16(18,19)20/h1-7H,8-9H2. The summed E-state index contributed by atoms with van der Waals surface area (Å²) in [5.41, 5.74) is 1.26. The van der Waals surface area contributed by atoms with Gasteiger partial charge in [0.25, 0.3) is 5.91 Å². The van der Waals surface area contributed by atoms with E-state index in [-0.39, 0.29) is 12.5 Å². The Kier molecular flexibility index (Phi) is 3.72. The number of fused-ring (bicyclic) bond motifs is 1. The topological polar surface area (TPSA) is 20.3 Å². The fraction of sp³-hybridized carbons (Fsp3) is 0.188. The lowest BCUT2D eigenvalue weighted by Crippen LogP contribution is -2.23. The summed E-state index contributed by atoms with van der Waals surface area (Å²) in [6, 6.07) is 10.5. The van der Waals surface area contributed by atoms with Gasteiger partial charge in [0.05, 0.1) is 5.56 Å². The summed E-state index contributed by atoms with van der Waals surface area (Å²) in [6.07, 6.45) is -4.38. The second kappa shape index (κ2) is 5.43. The molecule has 0 saturated heterocycles. The summed E-state index contributed by atoms with van der Waals surface area (Å²) < 4.78 is 39.1. The molecular weight excluding hydrogens is 359 g/mol. The van der Waals surface area contributed by atoms with E-state index in [9.17, 15) is 18.0 Å². The van der Waals surface area contributed by atoms with Gasteiger partial charge in [0.15, 0.2) is 0 Å². The summed E-state index contributed by atoms with van der Waals surface area (Å²) in [5, 5.41) is 0. The Hall–Kier alpha value is -1.82. The van der Waals surface area contributed by atoms with Crippen LogP contribution in [0.2, 0.25) is 0 Å². The van der Waals surface area contributed by atoms with Crippen molar-refractivity contribution in [1.82, 2.24) is 4.90 Å². The van der Waals surface area contributed by atoms with Gasteiger partial charge in [0.2, 0.25) is 0 Å². The van der Waals surface area contributed by atoms with Crippen LogP contribution in [0.1, 0.15) is 27.0 Å². The zero-order valence-corrected chi connectivity index (χ0v) is 12.9. The van der Waals surface area contributed by atoms with Gasteiger partial charge >= 0.3 is 6.18 Å². The first-order chi connectivity index (χ1) is 10.3. The lowest BCUT2D eigenvalue weighted by atomic mass is 10.1. The van der Waals surface area contributed by atoms with Gasteiger partial charge in [0, 0.05) is 23.1 Å². The molecule has 22 heavy (non-hydrogen) atoms. The smallest absolute Gasteiger partial charge is 0.330 e. The summed E-state index contributed by atoms with van der Waals surface area (Å²) in [5.74, 6) is -0.153. The first-order valence-electron chi connectivity index (χ1n) is 6.58. The fourth-order valence-corrected chi connectivity index (χ4v) is 2.95. The van der Waals surface area contributed by atoms with Gasteiger partial charge in [-0.1, -0.05) is 28.1 Å². The van der Waals surface area contributed by atoms with Crippen LogP contribution in [0.15, 0.2) is 46.9 Å². The minimum absolute atomic E-state index is 0.153. The molecule has 1 aliphatic heterocycles. The van der Waals surface area contributed by atoms with Gasteiger partial charge in [-0.15, -0.1) is 0 Å². The molecule has 2 nitrogen and oxygen atoms in total. The molecule has 0 unspecified atom stereocenters. The van der Waals surface area contributed by atoms with Gasteiger partial charge in [-0.2, -0.15) is 13.2 Å². The van der Waals surface area contributed by atoms with Gasteiger partial charge in [-0.25, -0.2) is 0 Å². The van der Waals surface area contributed by atoms with Crippen molar-refractivity contribution >= 4 is 21.8 Å². The average molecular weight is 370 g/mol. The van der Waals surface area contributed by atoms with Crippen molar-refractivity contribution in [2.24, 2.45) is 0 Å². The van der Waals surface area contributed by atoms with Crippen molar-refractivity contribution in [3.63, 3.8) is 0 Å². The molecule has 1 amide bonds. The number of alkyl halides is 3. The third-order valence-electron chi connectivity index (χ3n) is 3.57. The van der Waals surface area contributed by atoms with Crippen molar-refractivity contribution < 1.29 is 18.0 Å². The van der Waals surface area contributed by atoms with Crippen LogP contribution in [0.4, 0.5) is 13.2 Å². The normalized spacial score (nSPS) is 14.4. The highest BCUT2D eigenvalue weighted by Gasteiger charge is 2.31. The fourth-order valence-electron chi connectivity index (χ4n) is 2.54. The Labute approximate surface area is 133 Å². The van der Waals surface area contributed by atoms with Crippen LogP contribution in [0.3, 0.4) is 0 Å². The lowest BCUT2D eigenvalue weighted by molar-refractivity contribution is -0.137. The summed E-state index contributed by atoms with van der Waals surface area (Å²) in [4.78, 5) is 13.8. The second-order valence-electron chi connectivity index (χ2n) is 5.16. The molecule has 0 aromatic heterocycles. The first-order valence-corrected chi connectivity index (χ1v) is 7.38. The van der Waals surface area contributed by atoms with Crippen molar-refractivity contribution in [3.8, 4) is 0 Å². The van der Waals surface area contributed by atoms with Crippen molar-refractivity contribution in [1.29, 1.82) is 0 Å². The van der Waals surface area contributed by atoms with Crippen LogP contribution in [-0.2, 0) is 19.3 Å². The molecule has 0 saturated carbocycles. The zero-order valence-electron chi connectivity index (χ0n) is 11.3. The van der Waals surface area contributed by atoms with Crippen LogP contribution in [0.5, 0.6) is 0 Å². The number of rotatable bonds is 2. The molecule has 2 aromatic carbocycles. The van der Waals surface area contributed by atoms with Crippen molar-refractivity contribution in [2.45, 2.75) is 19.3 Å². The van der Waals surface area contributed by atoms with Crippen LogP contribution < -0.4 is 0 Å². The highest BCUT2D eigenvalue weighted by Crippen LogP contribution is 2.31. The number of hydrogen-bond donors (Lipinski definition) is 0. The highest BCUT2D eigenvalue weighted by molar-refractivity contribution is 9.10. The third-order valence-corrected chi connectivity index (χ3v) is 4.07. The molecular formula is C16H11BrF3NO. The molecule has 1 aliphatic rings. The molecule has 0 fully saturated rings. The van der Waals surface area contributed by atoms with E-state index in [1.165, 1.54) is 6.07 Å². The van der Waals surface area contributed by atoms with E-state index in [2.05, 4.69) is 15.9 Å². The predicted octanol–water partition coefficient (Wildman–Crippen LogP) is 4.62. The molecule has 0 spiro atoms. The van der Waals surface area contributed by atoms with E-state index in [0.29, 0.717) is 17.7 Å². The van der Waals surface area contributed by atoms with Gasteiger partial charge < -0.3 is 4.90 Å². The summed E-state index contributed by atoms with van der Waals surface area (Å²) >= 11 is 3.35. The minimum atomic E-state index is -4.38. The van der Waals surface area contributed by atoms with E-state index in [4.69, 9.17) is 0 Å². The molecule has 3 rings (SSSR count). The number of carbonyl (C=O) groups is 1. The molecule has 1 heterocycles. The quantitative estimate of drug-likeness (QED) is 0.755. The Morgan fingerprint density at radius 1 is 1.14 bits per heavy atom. The number of hydrogen-bond acceptors (Lipinski definition) is 1. The molecule has 2 aromatic rings. The molecule has 0 aliphatic carbocycles. The molecule has 0 atom stereocenters. The maximum Gasteiger partial charge on any atom is 0.416 e. The number of carbonyl (C=O) groups excluding carboxylic acids is 1. The molecule has 6 heteroatoms. The first kappa shape index (κ1) is 15.1. The largest absolute Gasteiger partial charge is 0.416 e. The maximum absolute atomic E-state index is 12.7. The van der Waals surface area contributed by atoms with E-state index in [0.717, 1.165) is 22.2 Å². The van der Waals surface area contributed by atoms with E-state index in [1.807, 2.05) is 6.07 Å². The minimum Gasteiger partial charge on any atom is -0.330 e. The molecule has 0 radical (unpaired) electrons. The van der Waals surface area contributed by atoms with Crippen molar-refractivity contribution in [2.75, 3.05) is 0 Å². The molecule has 114 valence electrons. The second-order valence-corrected chi connectivity index (χ2v) is 6.08. The van der Waals surface area contributed by atoms with Gasteiger partial charge in [-0.3, -0.25) is 4.79 Å². The van der Waals surface area contributed by atoms with E-state index < -0.39 is 11.7 Å². The number of benzene rings is 2. The van der Waals surface area contributed by atoms with E-state index >= 15 is 0 Å². The SMILES string of the molecule is O=C1c2ccc(Br)cc2CN1Cc1cccc(C(F)(F)F)c1. The Bertz CT molecular complexity index is 742. The van der Waals surface area contributed by atoms with E-state index in [1.54, 1.807) is 23.1 Å².